The van der Waals surface area contributed by atoms with E-state index in [1.54, 1.807) is 0 Å². The van der Waals surface area contributed by atoms with Crippen LogP contribution in [-0.4, -0.2) is 21.7 Å². The third kappa shape index (κ3) is 3.08. The Labute approximate surface area is 153 Å². The van der Waals surface area contributed by atoms with Gasteiger partial charge in [-0.25, -0.2) is 0 Å². The van der Waals surface area contributed by atoms with Gasteiger partial charge in [-0.05, 0) is 57.0 Å². The number of hydrogen-bond donors (Lipinski definition) is 2. The molecule has 2 N–H and O–H groups in total. The molecular weight excluding hydrogens is 326 g/mol. The lowest BCUT2D eigenvalue weighted by atomic mass is 9.95. The van der Waals surface area contributed by atoms with Crippen molar-refractivity contribution in [2.45, 2.75) is 39.3 Å². The average molecular weight is 349 g/mol. The second-order valence-electron chi connectivity index (χ2n) is 7.19. The summed E-state index contributed by atoms with van der Waals surface area (Å²) in [5.74, 6) is 1.17. The lowest BCUT2D eigenvalue weighted by Crippen LogP contribution is -2.28. The first-order valence-corrected chi connectivity index (χ1v) is 8.90. The van der Waals surface area contributed by atoms with E-state index in [1.807, 2.05) is 57.3 Å². The predicted molar refractivity (Wildman–Crippen MR) is 101 cm³/mol. The highest BCUT2D eigenvalue weighted by Crippen LogP contribution is 2.31. The van der Waals surface area contributed by atoms with Crippen LogP contribution in [0.3, 0.4) is 0 Å². The van der Waals surface area contributed by atoms with E-state index in [0.717, 1.165) is 36.5 Å². The fourth-order valence-corrected chi connectivity index (χ4v) is 3.38. The Kier molecular flexibility index (Phi) is 4.20. The standard InChI is InChI=1S/C20H23N5O/c1-13-17(16-9-10-21-11-14(16)12-22-13)18-23-19(26-25-18)20(2,3)24-15-7-5-4-6-8-15/h4-8,12,21,24H,9-11H2,1-3H3. The first-order valence-electron chi connectivity index (χ1n) is 8.90. The number of anilines is 1. The number of rotatable bonds is 4. The minimum atomic E-state index is -0.482. The highest BCUT2D eigenvalue weighted by Gasteiger charge is 2.29. The van der Waals surface area contributed by atoms with Crippen molar-refractivity contribution in [3.63, 3.8) is 0 Å². The topological polar surface area (TPSA) is 75.9 Å². The smallest absolute Gasteiger partial charge is 0.252 e. The van der Waals surface area contributed by atoms with E-state index in [-0.39, 0.29) is 0 Å². The molecule has 6 nitrogen and oxygen atoms in total. The molecule has 3 aromatic rings. The van der Waals surface area contributed by atoms with E-state index < -0.39 is 5.54 Å². The third-order valence-electron chi connectivity index (χ3n) is 4.75. The van der Waals surface area contributed by atoms with Crippen molar-refractivity contribution in [2.75, 3.05) is 11.9 Å². The van der Waals surface area contributed by atoms with Gasteiger partial charge in [-0.15, -0.1) is 0 Å². The molecule has 0 saturated heterocycles. The maximum Gasteiger partial charge on any atom is 0.252 e. The van der Waals surface area contributed by atoms with Gasteiger partial charge in [0.15, 0.2) is 0 Å². The summed E-state index contributed by atoms with van der Waals surface area (Å²) in [7, 11) is 0. The maximum absolute atomic E-state index is 5.64. The summed E-state index contributed by atoms with van der Waals surface area (Å²) in [6, 6.07) is 10.0. The van der Waals surface area contributed by atoms with Crippen LogP contribution in [0, 0.1) is 6.92 Å². The minimum absolute atomic E-state index is 0.482. The van der Waals surface area contributed by atoms with Crippen molar-refractivity contribution in [1.29, 1.82) is 0 Å². The van der Waals surface area contributed by atoms with Crippen molar-refractivity contribution in [3.8, 4) is 11.4 Å². The van der Waals surface area contributed by atoms with Gasteiger partial charge in [0.25, 0.3) is 5.89 Å². The van der Waals surface area contributed by atoms with E-state index in [0.29, 0.717) is 11.7 Å². The Bertz CT molecular complexity index is 917. The molecular formula is C20H23N5O. The van der Waals surface area contributed by atoms with Gasteiger partial charge in [-0.2, -0.15) is 4.98 Å². The Morgan fingerprint density at radius 3 is 2.81 bits per heavy atom. The van der Waals surface area contributed by atoms with E-state index in [2.05, 4.69) is 20.8 Å². The molecule has 134 valence electrons. The van der Waals surface area contributed by atoms with Crippen LogP contribution in [0.1, 0.15) is 36.6 Å². The molecule has 0 amide bonds. The van der Waals surface area contributed by atoms with Gasteiger partial charge in [-0.1, -0.05) is 23.4 Å². The molecule has 0 fully saturated rings. The molecule has 1 aromatic carbocycles. The zero-order valence-corrected chi connectivity index (χ0v) is 15.3. The Morgan fingerprint density at radius 1 is 1.19 bits per heavy atom. The first-order chi connectivity index (χ1) is 12.5. The summed E-state index contributed by atoms with van der Waals surface area (Å²) in [4.78, 5) is 9.25. The Hall–Kier alpha value is -2.73. The summed E-state index contributed by atoms with van der Waals surface area (Å²) < 4.78 is 5.64. The lowest BCUT2D eigenvalue weighted by Gasteiger charge is -2.23. The summed E-state index contributed by atoms with van der Waals surface area (Å²) in [5.41, 5.74) is 4.96. The van der Waals surface area contributed by atoms with E-state index >= 15 is 0 Å². The number of hydrogen-bond acceptors (Lipinski definition) is 6. The number of aryl methyl sites for hydroxylation is 1. The number of benzene rings is 1. The number of para-hydroxylation sites is 1. The second-order valence-corrected chi connectivity index (χ2v) is 7.19. The molecule has 0 unspecified atom stereocenters. The second kappa shape index (κ2) is 6.53. The van der Waals surface area contributed by atoms with Crippen LogP contribution in [0.15, 0.2) is 41.1 Å². The van der Waals surface area contributed by atoms with Gasteiger partial charge in [0.05, 0.1) is 0 Å². The fraction of sp³-hybridized carbons (Fsp3) is 0.350. The molecule has 3 heterocycles. The maximum atomic E-state index is 5.64. The monoisotopic (exact) mass is 349 g/mol. The van der Waals surface area contributed by atoms with Crippen molar-refractivity contribution in [2.24, 2.45) is 0 Å². The highest BCUT2D eigenvalue weighted by atomic mass is 16.5. The molecule has 6 heteroatoms. The van der Waals surface area contributed by atoms with Crippen LogP contribution in [0.2, 0.25) is 0 Å². The van der Waals surface area contributed by atoms with Crippen LogP contribution in [0.25, 0.3) is 11.4 Å². The van der Waals surface area contributed by atoms with Gasteiger partial charge < -0.3 is 15.2 Å². The molecule has 0 atom stereocenters. The van der Waals surface area contributed by atoms with Crippen molar-refractivity contribution < 1.29 is 4.52 Å². The van der Waals surface area contributed by atoms with E-state index in [4.69, 9.17) is 9.51 Å². The summed E-state index contributed by atoms with van der Waals surface area (Å²) in [6.45, 7) is 7.86. The number of nitrogens with zero attached hydrogens (tertiary/aromatic N) is 3. The average Bonchev–Trinajstić information content (AvgIpc) is 3.13. The summed E-state index contributed by atoms with van der Waals surface area (Å²) in [6.07, 6.45) is 2.89. The highest BCUT2D eigenvalue weighted by molar-refractivity contribution is 5.65. The normalized spacial score (nSPS) is 14.1. The number of pyridine rings is 1. The van der Waals surface area contributed by atoms with Crippen LogP contribution in [0.4, 0.5) is 5.69 Å². The molecule has 4 rings (SSSR count). The molecule has 0 radical (unpaired) electrons. The fourth-order valence-electron chi connectivity index (χ4n) is 3.38. The van der Waals surface area contributed by atoms with E-state index in [1.165, 1.54) is 11.1 Å². The molecule has 1 aliphatic rings. The van der Waals surface area contributed by atoms with Crippen LogP contribution in [0.5, 0.6) is 0 Å². The third-order valence-corrected chi connectivity index (χ3v) is 4.75. The largest absolute Gasteiger partial charge is 0.372 e. The van der Waals surface area contributed by atoms with Crippen LogP contribution < -0.4 is 10.6 Å². The Morgan fingerprint density at radius 2 is 2.00 bits per heavy atom. The molecule has 0 aliphatic carbocycles. The first kappa shape index (κ1) is 16.7. The predicted octanol–water partition coefficient (Wildman–Crippen LogP) is 3.43. The minimum Gasteiger partial charge on any atom is -0.372 e. The summed E-state index contributed by atoms with van der Waals surface area (Å²) >= 11 is 0. The van der Waals surface area contributed by atoms with E-state index in [9.17, 15) is 0 Å². The van der Waals surface area contributed by atoms with Gasteiger partial charge in [0.1, 0.15) is 5.54 Å². The van der Waals surface area contributed by atoms with Gasteiger partial charge in [0.2, 0.25) is 5.82 Å². The van der Waals surface area contributed by atoms with Crippen LogP contribution >= 0.6 is 0 Å². The van der Waals surface area contributed by atoms with Gasteiger partial charge in [-0.3, -0.25) is 4.98 Å². The Balaban J connectivity index is 1.69. The van der Waals surface area contributed by atoms with Crippen LogP contribution in [-0.2, 0) is 18.5 Å². The SMILES string of the molecule is Cc1ncc2c(c1-c1noc(C(C)(C)Nc3ccccc3)n1)CCNC2. The molecule has 26 heavy (non-hydrogen) atoms. The zero-order chi connectivity index (χ0) is 18.1. The number of aromatic nitrogens is 3. The van der Waals surface area contributed by atoms with Crippen molar-refractivity contribution >= 4 is 5.69 Å². The molecule has 0 saturated carbocycles. The lowest BCUT2D eigenvalue weighted by molar-refractivity contribution is 0.326. The molecule has 2 aromatic heterocycles. The van der Waals surface area contributed by atoms with Crippen molar-refractivity contribution in [3.05, 3.63) is 59.2 Å². The quantitative estimate of drug-likeness (QED) is 0.751. The van der Waals surface area contributed by atoms with Gasteiger partial charge in [0, 0.05) is 29.7 Å². The molecule has 0 bridgehead atoms. The zero-order valence-electron chi connectivity index (χ0n) is 15.3. The number of nitrogens with one attached hydrogen (secondary N) is 2. The van der Waals surface area contributed by atoms with Crippen molar-refractivity contribution in [1.82, 2.24) is 20.4 Å². The molecule has 1 aliphatic heterocycles. The molecule has 0 spiro atoms. The number of fused-ring (bicyclic) bond motifs is 1. The van der Waals surface area contributed by atoms with Gasteiger partial charge >= 0.3 is 0 Å². The summed E-state index contributed by atoms with van der Waals surface area (Å²) in [5, 5.41) is 11.1.